The maximum absolute atomic E-state index is 12.0. The predicted octanol–water partition coefficient (Wildman–Crippen LogP) is 1.93. The highest BCUT2D eigenvalue weighted by Gasteiger charge is 2.14. The van der Waals surface area contributed by atoms with Gasteiger partial charge in [-0.2, -0.15) is 0 Å². The summed E-state index contributed by atoms with van der Waals surface area (Å²) >= 11 is 0. The second kappa shape index (κ2) is 7.21. The van der Waals surface area contributed by atoms with E-state index in [1.807, 2.05) is 6.07 Å². The van der Waals surface area contributed by atoms with E-state index in [2.05, 4.69) is 15.6 Å². The fourth-order valence-electron chi connectivity index (χ4n) is 1.90. The molecule has 0 aliphatic rings. The van der Waals surface area contributed by atoms with Gasteiger partial charge in [-0.15, -0.1) is 0 Å². The van der Waals surface area contributed by atoms with Crippen molar-refractivity contribution in [2.45, 2.75) is 19.4 Å². The molecule has 0 saturated carbocycles. The number of hydrogen-bond donors (Lipinski definition) is 3. The molecule has 0 aliphatic carbocycles. The van der Waals surface area contributed by atoms with Gasteiger partial charge in [0.25, 0.3) is 5.91 Å². The highest BCUT2D eigenvalue weighted by atomic mass is 16.3. The lowest BCUT2D eigenvalue weighted by Crippen LogP contribution is -2.35. The van der Waals surface area contributed by atoms with Gasteiger partial charge in [-0.05, 0) is 31.2 Å². The molecule has 1 unspecified atom stereocenters. The highest BCUT2D eigenvalue weighted by molar-refractivity contribution is 5.95. The number of amides is 2. The number of pyridine rings is 1. The molecule has 1 aromatic heterocycles. The summed E-state index contributed by atoms with van der Waals surface area (Å²) in [6.45, 7) is 1.73. The number of carbonyl (C=O) groups is 2. The number of anilines is 1. The Morgan fingerprint density at radius 1 is 1.18 bits per heavy atom. The first-order chi connectivity index (χ1) is 10.6. The van der Waals surface area contributed by atoms with Gasteiger partial charge in [-0.25, -0.2) is 4.98 Å². The molecule has 0 aliphatic heterocycles. The number of aromatic hydroxyl groups is 1. The smallest absolute Gasteiger partial charge is 0.251 e. The zero-order chi connectivity index (χ0) is 15.9. The Balaban J connectivity index is 1.87. The fraction of sp³-hybridized carbons (Fsp3) is 0.188. The first kappa shape index (κ1) is 15.5. The van der Waals surface area contributed by atoms with Crippen LogP contribution in [-0.4, -0.2) is 27.9 Å². The van der Waals surface area contributed by atoms with Gasteiger partial charge in [0.2, 0.25) is 5.91 Å². The van der Waals surface area contributed by atoms with E-state index in [0.29, 0.717) is 5.56 Å². The molecule has 0 radical (unpaired) electrons. The van der Waals surface area contributed by atoms with E-state index in [-0.39, 0.29) is 35.8 Å². The van der Waals surface area contributed by atoms with Crippen LogP contribution in [0, 0.1) is 0 Å². The van der Waals surface area contributed by atoms with Crippen LogP contribution in [0.2, 0.25) is 0 Å². The average molecular weight is 299 g/mol. The summed E-state index contributed by atoms with van der Waals surface area (Å²) in [6.07, 6.45) is 1.55. The Hall–Kier alpha value is -2.89. The van der Waals surface area contributed by atoms with Crippen molar-refractivity contribution in [2.75, 3.05) is 5.32 Å². The van der Waals surface area contributed by atoms with Crippen molar-refractivity contribution >= 4 is 17.6 Å². The Bertz CT molecular complexity index is 659. The molecule has 1 heterocycles. The number of rotatable bonds is 5. The van der Waals surface area contributed by atoms with E-state index >= 15 is 0 Å². The molecule has 0 bridgehead atoms. The van der Waals surface area contributed by atoms with Gasteiger partial charge in [-0.1, -0.05) is 18.2 Å². The highest BCUT2D eigenvalue weighted by Crippen LogP contribution is 2.18. The van der Waals surface area contributed by atoms with E-state index in [1.54, 1.807) is 37.3 Å². The summed E-state index contributed by atoms with van der Waals surface area (Å²) in [5.41, 5.74) is 0.539. The van der Waals surface area contributed by atoms with Crippen LogP contribution in [0.3, 0.4) is 0 Å². The Morgan fingerprint density at radius 2 is 1.91 bits per heavy atom. The van der Waals surface area contributed by atoms with E-state index in [4.69, 9.17) is 0 Å². The number of benzene rings is 1. The van der Waals surface area contributed by atoms with Crippen LogP contribution in [-0.2, 0) is 4.79 Å². The minimum absolute atomic E-state index is 0.0780. The lowest BCUT2D eigenvalue weighted by atomic mass is 10.1. The Labute approximate surface area is 128 Å². The summed E-state index contributed by atoms with van der Waals surface area (Å²) in [4.78, 5) is 27.7. The molecule has 2 rings (SSSR count). The quantitative estimate of drug-likeness (QED) is 0.786. The van der Waals surface area contributed by atoms with Gasteiger partial charge in [0.05, 0.1) is 0 Å². The molecule has 0 saturated heterocycles. The zero-order valence-corrected chi connectivity index (χ0v) is 12.1. The number of aromatic nitrogens is 1. The molecule has 2 amide bonds. The summed E-state index contributed by atoms with van der Waals surface area (Å²) < 4.78 is 0. The molecule has 1 aromatic carbocycles. The van der Waals surface area contributed by atoms with Crippen molar-refractivity contribution < 1.29 is 14.7 Å². The van der Waals surface area contributed by atoms with Gasteiger partial charge < -0.3 is 15.7 Å². The topological polar surface area (TPSA) is 91.3 Å². The molecule has 0 spiro atoms. The number of carbonyl (C=O) groups excluding carboxylic acids is 2. The second-order valence-electron chi connectivity index (χ2n) is 4.86. The zero-order valence-electron chi connectivity index (χ0n) is 12.1. The molecule has 1 atom stereocenters. The summed E-state index contributed by atoms with van der Waals surface area (Å²) in [5, 5.41) is 14.8. The third-order valence-electron chi connectivity index (χ3n) is 2.95. The molecule has 22 heavy (non-hydrogen) atoms. The maximum Gasteiger partial charge on any atom is 0.251 e. The van der Waals surface area contributed by atoms with Crippen molar-refractivity contribution in [3.8, 4) is 5.75 Å². The molecule has 6 nitrogen and oxygen atoms in total. The Morgan fingerprint density at radius 3 is 2.59 bits per heavy atom. The van der Waals surface area contributed by atoms with Crippen molar-refractivity contribution in [3.05, 3.63) is 54.2 Å². The van der Waals surface area contributed by atoms with Crippen molar-refractivity contribution in [3.63, 3.8) is 0 Å². The van der Waals surface area contributed by atoms with Crippen LogP contribution in [0.15, 0.2) is 48.7 Å². The molecule has 6 heteroatoms. The number of nitrogens with one attached hydrogen (secondary N) is 2. The molecular weight excluding hydrogens is 282 g/mol. The summed E-state index contributed by atoms with van der Waals surface area (Å²) in [6, 6.07) is 11.4. The van der Waals surface area contributed by atoms with Crippen LogP contribution in [0.5, 0.6) is 5.75 Å². The number of hydrogen-bond acceptors (Lipinski definition) is 4. The molecule has 3 N–H and O–H groups in total. The largest absolute Gasteiger partial charge is 0.504 e. The van der Waals surface area contributed by atoms with Crippen molar-refractivity contribution in [1.29, 1.82) is 0 Å². The van der Waals surface area contributed by atoms with Crippen LogP contribution < -0.4 is 10.6 Å². The lowest BCUT2D eigenvalue weighted by Gasteiger charge is -2.14. The maximum atomic E-state index is 12.0. The lowest BCUT2D eigenvalue weighted by molar-refractivity contribution is -0.116. The van der Waals surface area contributed by atoms with Crippen LogP contribution >= 0.6 is 0 Å². The monoisotopic (exact) mass is 299 g/mol. The second-order valence-corrected chi connectivity index (χ2v) is 4.86. The molecular formula is C16H17N3O3. The van der Waals surface area contributed by atoms with Crippen LogP contribution in [0.4, 0.5) is 5.82 Å². The minimum Gasteiger partial charge on any atom is -0.504 e. The third kappa shape index (κ3) is 4.31. The molecule has 2 aromatic rings. The standard InChI is InChI=1S/C16H17N3O3/c1-11(18-16(22)12-6-3-2-4-7-12)10-14(21)19-15-13(20)8-5-9-17-15/h2-9,11,20H,10H2,1H3,(H,18,22)(H,17,19,21). The van der Waals surface area contributed by atoms with Gasteiger partial charge >= 0.3 is 0 Å². The van der Waals surface area contributed by atoms with Crippen molar-refractivity contribution in [1.82, 2.24) is 10.3 Å². The predicted molar refractivity (Wildman–Crippen MR) is 82.5 cm³/mol. The molecule has 0 fully saturated rings. The Kier molecular flexibility index (Phi) is 5.08. The molecule has 114 valence electrons. The summed E-state index contributed by atoms with van der Waals surface area (Å²) in [7, 11) is 0. The first-order valence-corrected chi connectivity index (χ1v) is 6.86. The minimum atomic E-state index is -0.349. The van der Waals surface area contributed by atoms with Gasteiger partial charge in [0.1, 0.15) is 0 Å². The third-order valence-corrected chi connectivity index (χ3v) is 2.95. The van der Waals surface area contributed by atoms with Gasteiger partial charge in [0.15, 0.2) is 11.6 Å². The van der Waals surface area contributed by atoms with Crippen LogP contribution in [0.1, 0.15) is 23.7 Å². The SMILES string of the molecule is CC(CC(=O)Nc1ncccc1O)NC(=O)c1ccccc1. The van der Waals surface area contributed by atoms with Gasteiger partial charge in [0, 0.05) is 24.2 Å². The average Bonchev–Trinajstić information content (AvgIpc) is 2.50. The first-order valence-electron chi connectivity index (χ1n) is 6.86. The van der Waals surface area contributed by atoms with Gasteiger partial charge in [-0.3, -0.25) is 9.59 Å². The van der Waals surface area contributed by atoms with Crippen LogP contribution in [0.25, 0.3) is 0 Å². The normalized spacial score (nSPS) is 11.5. The van der Waals surface area contributed by atoms with E-state index in [0.717, 1.165) is 0 Å². The van der Waals surface area contributed by atoms with E-state index in [9.17, 15) is 14.7 Å². The van der Waals surface area contributed by atoms with E-state index < -0.39 is 0 Å². The van der Waals surface area contributed by atoms with Crippen molar-refractivity contribution in [2.24, 2.45) is 0 Å². The number of nitrogens with zero attached hydrogens (tertiary/aromatic N) is 1. The van der Waals surface area contributed by atoms with E-state index in [1.165, 1.54) is 12.3 Å². The fourth-order valence-corrected chi connectivity index (χ4v) is 1.90. The summed E-state index contributed by atoms with van der Waals surface area (Å²) in [5.74, 6) is -0.567.